The van der Waals surface area contributed by atoms with E-state index >= 15 is 0 Å². The molecule has 162 valence electrons. The first-order chi connectivity index (χ1) is 14.1. The Kier molecular flexibility index (Phi) is 7.57. The molecule has 1 amide bonds. The molecule has 0 aliphatic heterocycles. The first-order valence-corrected chi connectivity index (χ1v) is 9.62. The van der Waals surface area contributed by atoms with Crippen molar-refractivity contribution in [1.82, 2.24) is 5.32 Å². The molecule has 0 saturated carbocycles. The molecule has 1 heterocycles. The molecule has 9 heteroatoms. The number of hydrogen-bond donors (Lipinski definition) is 3. The molecular weight excluding hydrogens is 394 g/mol. The van der Waals surface area contributed by atoms with Crippen molar-refractivity contribution in [3.8, 4) is 5.75 Å². The second-order valence-corrected chi connectivity index (χ2v) is 7.02. The number of fused-ring (bicyclic) bond motifs is 1. The Morgan fingerprint density at radius 3 is 2.53 bits per heavy atom. The predicted molar refractivity (Wildman–Crippen MR) is 108 cm³/mol. The van der Waals surface area contributed by atoms with Gasteiger partial charge in [-0.15, -0.1) is 0 Å². The molecule has 9 nitrogen and oxygen atoms in total. The van der Waals surface area contributed by atoms with E-state index in [0.717, 1.165) is 30.2 Å². The summed E-state index contributed by atoms with van der Waals surface area (Å²) < 4.78 is 11.0. The molecule has 30 heavy (non-hydrogen) atoms. The van der Waals surface area contributed by atoms with Crippen LogP contribution in [-0.2, 0) is 20.8 Å². The normalized spacial score (nSPS) is 12.9. The van der Waals surface area contributed by atoms with E-state index < -0.39 is 42.0 Å². The molecule has 2 rings (SSSR count). The van der Waals surface area contributed by atoms with E-state index in [1.807, 2.05) is 0 Å². The molecule has 0 saturated heterocycles. The average molecular weight is 419 g/mol. The van der Waals surface area contributed by atoms with Crippen LogP contribution in [0.25, 0.3) is 11.0 Å². The van der Waals surface area contributed by atoms with E-state index in [9.17, 15) is 19.2 Å². The molecule has 0 aliphatic carbocycles. The first-order valence-electron chi connectivity index (χ1n) is 9.62. The van der Waals surface area contributed by atoms with Crippen molar-refractivity contribution in [1.29, 1.82) is 0 Å². The van der Waals surface area contributed by atoms with E-state index in [2.05, 4.69) is 12.2 Å². The molecule has 2 atom stereocenters. The van der Waals surface area contributed by atoms with Crippen LogP contribution in [0.3, 0.4) is 0 Å². The van der Waals surface area contributed by atoms with E-state index in [0.29, 0.717) is 16.9 Å². The lowest BCUT2D eigenvalue weighted by Gasteiger charge is -2.19. The highest BCUT2D eigenvalue weighted by Crippen LogP contribution is 2.29. The smallest absolute Gasteiger partial charge is 0.336 e. The van der Waals surface area contributed by atoms with Gasteiger partial charge in [-0.3, -0.25) is 9.59 Å². The van der Waals surface area contributed by atoms with Crippen LogP contribution in [0.15, 0.2) is 27.4 Å². The summed E-state index contributed by atoms with van der Waals surface area (Å²) in [4.78, 5) is 46.1. The zero-order chi connectivity index (χ0) is 22.4. The quantitative estimate of drug-likeness (QED) is 0.498. The molecule has 0 fully saturated rings. The first kappa shape index (κ1) is 22.9. The summed E-state index contributed by atoms with van der Waals surface area (Å²) in [6, 6.07) is 3.31. The molecular formula is C21H25NO8. The summed E-state index contributed by atoms with van der Waals surface area (Å²) in [5.41, 5.74) is 1.30. The van der Waals surface area contributed by atoms with Gasteiger partial charge >= 0.3 is 17.6 Å². The number of carboxylic acid groups (broad SMARTS) is 2. The largest absolute Gasteiger partial charge is 0.481 e. The van der Waals surface area contributed by atoms with Crippen molar-refractivity contribution in [3.63, 3.8) is 0 Å². The van der Waals surface area contributed by atoms with Crippen LogP contribution in [0.4, 0.5) is 0 Å². The fourth-order valence-corrected chi connectivity index (χ4v) is 3.02. The lowest BCUT2D eigenvalue weighted by atomic mass is 10.0. The second kappa shape index (κ2) is 9.91. The minimum atomic E-state index is -1.57. The van der Waals surface area contributed by atoms with Crippen LogP contribution in [0.2, 0.25) is 0 Å². The zero-order valence-electron chi connectivity index (χ0n) is 17.1. The fourth-order valence-electron chi connectivity index (χ4n) is 3.02. The number of aliphatic carboxylic acids is 2. The van der Waals surface area contributed by atoms with E-state index in [1.54, 1.807) is 19.1 Å². The minimum absolute atomic E-state index is 0.297. The highest BCUT2D eigenvalue weighted by Gasteiger charge is 2.26. The third kappa shape index (κ3) is 5.59. The van der Waals surface area contributed by atoms with Gasteiger partial charge < -0.3 is 24.7 Å². The molecule has 1 aromatic heterocycles. The monoisotopic (exact) mass is 419 g/mol. The fraction of sp³-hybridized carbons (Fsp3) is 0.429. The SMILES string of the molecule is CCCCc1cc(=O)oc2c(C)c(OC(C)C(=O)NC(CC(=O)O)C(=O)O)ccc12. The average Bonchev–Trinajstić information content (AvgIpc) is 2.67. The lowest BCUT2D eigenvalue weighted by molar-refractivity contribution is -0.147. The Morgan fingerprint density at radius 2 is 1.93 bits per heavy atom. The third-order valence-corrected chi connectivity index (χ3v) is 4.66. The second-order valence-electron chi connectivity index (χ2n) is 7.02. The maximum atomic E-state index is 12.3. The third-order valence-electron chi connectivity index (χ3n) is 4.66. The number of benzene rings is 1. The van der Waals surface area contributed by atoms with E-state index in [-0.39, 0.29) is 0 Å². The lowest BCUT2D eigenvalue weighted by Crippen LogP contribution is -2.47. The Bertz CT molecular complexity index is 1010. The highest BCUT2D eigenvalue weighted by molar-refractivity contribution is 5.89. The molecule has 2 unspecified atom stereocenters. The Labute approximate surface area is 172 Å². The van der Waals surface area contributed by atoms with Crippen molar-refractivity contribution in [3.05, 3.63) is 39.7 Å². The molecule has 0 bridgehead atoms. The van der Waals surface area contributed by atoms with E-state index in [4.69, 9.17) is 19.4 Å². The topological polar surface area (TPSA) is 143 Å². The number of nitrogens with one attached hydrogen (secondary N) is 1. The predicted octanol–water partition coefficient (Wildman–Crippen LogP) is 2.26. The number of carbonyl (C=O) groups is 3. The van der Waals surface area contributed by atoms with Gasteiger partial charge in [-0.2, -0.15) is 0 Å². The van der Waals surface area contributed by atoms with Gasteiger partial charge in [-0.1, -0.05) is 13.3 Å². The van der Waals surface area contributed by atoms with Crippen molar-refractivity contribution in [2.45, 2.75) is 58.6 Å². The number of carbonyl (C=O) groups excluding carboxylic acids is 1. The summed E-state index contributed by atoms with van der Waals surface area (Å²) in [5.74, 6) is -3.29. The zero-order valence-corrected chi connectivity index (χ0v) is 17.1. The van der Waals surface area contributed by atoms with E-state index in [1.165, 1.54) is 13.0 Å². The summed E-state index contributed by atoms with van der Waals surface area (Å²) in [6.45, 7) is 5.16. The summed E-state index contributed by atoms with van der Waals surface area (Å²) in [5, 5.41) is 20.8. The van der Waals surface area contributed by atoms with Crippen LogP contribution >= 0.6 is 0 Å². The number of hydrogen-bond acceptors (Lipinski definition) is 6. The molecule has 1 aromatic carbocycles. The summed E-state index contributed by atoms with van der Waals surface area (Å²) >= 11 is 0. The molecule has 2 aromatic rings. The summed E-state index contributed by atoms with van der Waals surface area (Å²) in [6.07, 6.45) is 0.778. The van der Waals surface area contributed by atoms with Gasteiger partial charge in [-0.05, 0) is 44.4 Å². The van der Waals surface area contributed by atoms with Gasteiger partial charge in [0.15, 0.2) is 6.10 Å². The molecule has 0 spiro atoms. The van der Waals surface area contributed by atoms with Gasteiger partial charge in [0.25, 0.3) is 5.91 Å². The van der Waals surface area contributed by atoms with Gasteiger partial charge in [0, 0.05) is 17.0 Å². The van der Waals surface area contributed by atoms with Crippen LogP contribution < -0.4 is 15.7 Å². The van der Waals surface area contributed by atoms with Crippen molar-refractivity contribution in [2.24, 2.45) is 0 Å². The van der Waals surface area contributed by atoms with Crippen molar-refractivity contribution in [2.75, 3.05) is 0 Å². The molecule has 3 N–H and O–H groups in total. The van der Waals surface area contributed by atoms with Crippen LogP contribution in [0.1, 0.15) is 44.2 Å². The standard InChI is InChI=1S/C21H25NO8/c1-4-5-6-13-9-18(25)30-19-11(2)16(8-7-14(13)19)29-12(3)20(26)22-15(21(27)28)10-17(23)24/h7-9,12,15H,4-6,10H2,1-3H3,(H,22,26)(H,23,24)(H,27,28). The highest BCUT2D eigenvalue weighted by atomic mass is 16.5. The van der Waals surface area contributed by atoms with Gasteiger partial charge in [0.1, 0.15) is 17.4 Å². The minimum Gasteiger partial charge on any atom is -0.481 e. The van der Waals surface area contributed by atoms with Crippen molar-refractivity contribution < 1.29 is 33.8 Å². The Hall–Kier alpha value is -3.36. The van der Waals surface area contributed by atoms with Crippen LogP contribution in [-0.4, -0.2) is 40.2 Å². The maximum absolute atomic E-state index is 12.3. The van der Waals surface area contributed by atoms with Crippen molar-refractivity contribution >= 4 is 28.8 Å². The van der Waals surface area contributed by atoms with Gasteiger partial charge in [-0.25, -0.2) is 9.59 Å². The number of amides is 1. The Morgan fingerprint density at radius 1 is 1.23 bits per heavy atom. The molecule has 0 radical (unpaired) electrons. The molecule has 0 aliphatic rings. The number of carboxylic acids is 2. The van der Waals surface area contributed by atoms with Crippen LogP contribution in [0.5, 0.6) is 5.75 Å². The van der Waals surface area contributed by atoms with Gasteiger partial charge in [0.05, 0.1) is 6.42 Å². The number of ether oxygens (including phenoxy) is 1. The van der Waals surface area contributed by atoms with Gasteiger partial charge in [0.2, 0.25) is 0 Å². The Balaban J connectivity index is 2.25. The van der Waals surface area contributed by atoms with Crippen LogP contribution in [0, 0.1) is 6.92 Å². The number of rotatable bonds is 10. The maximum Gasteiger partial charge on any atom is 0.336 e. The summed E-state index contributed by atoms with van der Waals surface area (Å²) in [7, 11) is 0. The number of aryl methyl sites for hydroxylation is 2. The number of unbranched alkanes of at least 4 members (excludes halogenated alkanes) is 1.